The van der Waals surface area contributed by atoms with E-state index in [4.69, 9.17) is 15.5 Å². The van der Waals surface area contributed by atoms with Gasteiger partial charge < -0.3 is 35.7 Å². The van der Waals surface area contributed by atoms with Crippen LogP contribution in [0.2, 0.25) is 0 Å². The zero-order chi connectivity index (χ0) is 21.2. The number of hydrogen-bond acceptors (Lipinski definition) is 8. The van der Waals surface area contributed by atoms with E-state index in [0.29, 0.717) is 5.82 Å². The molecule has 0 radical (unpaired) electrons. The number of nitrogens with one attached hydrogen (secondary N) is 2. The maximum atomic E-state index is 11.7. The van der Waals surface area contributed by atoms with Gasteiger partial charge in [-0.15, -0.1) is 0 Å². The van der Waals surface area contributed by atoms with Gasteiger partial charge in [0.05, 0.1) is 13.2 Å². The smallest absolute Gasteiger partial charge is 0.146 e. The normalized spacial score (nSPS) is 22.7. The quantitative estimate of drug-likeness (QED) is 0.633. The van der Waals surface area contributed by atoms with E-state index in [1.54, 1.807) is 0 Å². The summed E-state index contributed by atoms with van der Waals surface area (Å²) in [4.78, 5) is 21.2. The maximum absolute atomic E-state index is 11.7. The van der Waals surface area contributed by atoms with Gasteiger partial charge in [0.2, 0.25) is 0 Å². The highest BCUT2D eigenvalue weighted by Gasteiger charge is 2.26. The Morgan fingerprint density at radius 2 is 1.97 bits per heavy atom. The number of anilines is 4. The SMILES string of the molecule is N[C@@H]1CCN(c2cc3c(c(Nc4ccc(N5CCOCC5)cc4)n2)C(C=O)NC=C3)C1. The third kappa shape index (κ3) is 4.08. The molecule has 8 nitrogen and oxygen atoms in total. The fourth-order valence-corrected chi connectivity index (χ4v) is 4.42. The van der Waals surface area contributed by atoms with Crippen molar-refractivity contribution in [1.82, 2.24) is 10.3 Å². The van der Waals surface area contributed by atoms with Crippen LogP contribution in [0.15, 0.2) is 36.5 Å². The molecule has 31 heavy (non-hydrogen) atoms. The van der Waals surface area contributed by atoms with E-state index in [1.165, 1.54) is 5.69 Å². The minimum absolute atomic E-state index is 0.168. The highest BCUT2D eigenvalue weighted by Crippen LogP contribution is 2.34. The molecule has 0 aliphatic carbocycles. The Morgan fingerprint density at radius 3 is 2.68 bits per heavy atom. The number of aromatic nitrogens is 1. The molecule has 4 heterocycles. The molecule has 0 saturated carbocycles. The van der Waals surface area contributed by atoms with Crippen molar-refractivity contribution >= 4 is 35.4 Å². The highest BCUT2D eigenvalue weighted by atomic mass is 16.5. The minimum Gasteiger partial charge on any atom is -0.378 e. The molecule has 2 saturated heterocycles. The molecule has 2 atom stereocenters. The third-order valence-electron chi connectivity index (χ3n) is 6.12. The molecule has 4 N–H and O–H groups in total. The Hall–Kier alpha value is -3.10. The van der Waals surface area contributed by atoms with Crippen LogP contribution in [0.3, 0.4) is 0 Å². The Labute approximate surface area is 182 Å². The zero-order valence-corrected chi connectivity index (χ0v) is 17.5. The van der Waals surface area contributed by atoms with Crippen molar-refractivity contribution in [1.29, 1.82) is 0 Å². The molecular formula is C23H28N6O2. The lowest BCUT2D eigenvalue weighted by Crippen LogP contribution is -2.36. The van der Waals surface area contributed by atoms with E-state index in [2.05, 4.69) is 44.7 Å². The molecule has 2 fully saturated rings. The summed E-state index contributed by atoms with van der Waals surface area (Å²) < 4.78 is 5.44. The summed E-state index contributed by atoms with van der Waals surface area (Å²) >= 11 is 0. The zero-order valence-electron chi connectivity index (χ0n) is 17.5. The van der Waals surface area contributed by atoms with E-state index >= 15 is 0 Å². The van der Waals surface area contributed by atoms with Crippen LogP contribution in [-0.4, -0.2) is 56.7 Å². The van der Waals surface area contributed by atoms with Crippen LogP contribution in [0.5, 0.6) is 0 Å². The number of morpholine rings is 1. The first kappa shape index (κ1) is 19.8. The summed E-state index contributed by atoms with van der Waals surface area (Å²) in [6, 6.07) is 10.1. The fourth-order valence-electron chi connectivity index (χ4n) is 4.42. The van der Waals surface area contributed by atoms with Crippen molar-refractivity contribution in [3.8, 4) is 0 Å². The largest absolute Gasteiger partial charge is 0.378 e. The number of fused-ring (bicyclic) bond motifs is 1. The van der Waals surface area contributed by atoms with Gasteiger partial charge >= 0.3 is 0 Å². The standard InChI is InChI=1S/C23H28N6O2/c24-17-6-8-29(14-17)21-13-16-5-7-25-20(15-30)22(16)23(27-21)26-18-1-3-19(4-2-18)28-9-11-31-12-10-28/h1-5,7,13,15,17,20,25H,6,8-12,14,24H2,(H,26,27)/t17-,20?/m1/s1. The summed E-state index contributed by atoms with van der Waals surface area (Å²) in [5.74, 6) is 1.58. The number of nitrogens with two attached hydrogens (primary N) is 1. The van der Waals surface area contributed by atoms with E-state index < -0.39 is 6.04 Å². The monoisotopic (exact) mass is 420 g/mol. The summed E-state index contributed by atoms with van der Waals surface area (Å²) in [7, 11) is 0. The molecule has 3 aliphatic rings. The fraction of sp³-hybridized carbons (Fsp3) is 0.391. The minimum atomic E-state index is -0.433. The molecule has 0 amide bonds. The van der Waals surface area contributed by atoms with Gasteiger partial charge in [0.15, 0.2) is 0 Å². The molecule has 1 aromatic carbocycles. The van der Waals surface area contributed by atoms with Gasteiger partial charge in [-0.2, -0.15) is 0 Å². The second-order valence-electron chi connectivity index (χ2n) is 8.21. The van der Waals surface area contributed by atoms with Crippen LogP contribution >= 0.6 is 0 Å². The molecule has 0 spiro atoms. The number of nitrogens with zero attached hydrogens (tertiary/aromatic N) is 3. The molecule has 5 rings (SSSR count). The van der Waals surface area contributed by atoms with Gasteiger partial charge in [-0.1, -0.05) is 0 Å². The number of pyridine rings is 1. The molecule has 1 unspecified atom stereocenters. The van der Waals surface area contributed by atoms with Gasteiger partial charge in [-0.05, 0) is 54.6 Å². The number of benzene rings is 1. The van der Waals surface area contributed by atoms with Crippen LogP contribution in [0.1, 0.15) is 23.6 Å². The first-order chi connectivity index (χ1) is 15.2. The molecule has 8 heteroatoms. The molecule has 162 valence electrons. The van der Waals surface area contributed by atoms with E-state index in [-0.39, 0.29) is 6.04 Å². The van der Waals surface area contributed by atoms with E-state index in [9.17, 15) is 4.79 Å². The Kier molecular flexibility index (Phi) is 5.48. The first-order valence-corrected chi connectivity index (χ1v) is 10.8. The number of rotatable bonds is 5. The van der Waals surface area contributed by atoms with Gasteiger partial charge in [-0.25, -0.2) is 4.98 Å². The lowest BCUT2D eigenvalue weighted by Gasteiger charge is -2.29. The predicted molar refractivity (Wildman–Crippen MR) is 123 cm³/mol. The lowest BCUT2D eigenvalue weighted by atomic mass is 9.99. The number of ether oxygens (including phenoxy) is 1. The van der Waals surface area contributed by atoms with E-state index in [0.717, 1.165) is 74.7 Å². The average molecular weight is 421 g/mol. The van der Waals surface area contributed by atoms with Gasteiger partial charge in [0.25, 0.3) is 0 Å². The topological polar surface area (TPSA) is 95.8 Å². The summed E-state index contributed by atoms with van der Waals surface area (Å²) in [6.07, 6.45) is 5.69. The van der Waals surface area contributed by atoms with Crippen LogP contribution < -0.4 is 26.2 Å². The van der Waals surface area contributed by atoms with Crippen molar-refractivity contribution in [2.75, 3.05) is 54.5 Å². The first-order valence-electron chi connectivity index (χ1n) is 10.8. The van der Waals surface area contributed by atoms with Crippen LogP contribution in [0, 0.1) is 0 Å². The number of carbonyl (C=O) groups is 1. The van der Waals surface area contributed by atoms with Crippen molar-refractivity contribution in [2.45, 2.75) is 18.5 Å². The van der Waals surface area contributed by atoms with E-state index in [1.807, 2.05) is 18.3 Å². The summed E-state index contributed by atoms with van der Waals surface area (Å²) in [6.45, 7) is 5.01. The number of hydrogen-bond donors (Lipinski definition) is 3. The average Bonchev–Trinajstić information content (AvgIpc) is 3.26. The summed E-state index contributed by atoms with van der Waals surface area (Å²) in [5.41, 5.74) is 10.1. The molecular weight excluding hydrogens is 392 g/mol. The van der Waals surface area contributed by atoms with Crippen molar-refractivity contribution < 1.29 is 9.53 Å². The van der Waals surface area contributed by atoms with Crippen molar-refractivity contribution in [3.63, 3.8) is 0 Å². The number of aldehydes is 1. The number of carbonyl (C=O) groups excluding carboxylic acids is 1. The molecule has 0 bridgehead atoms. The Balaban J connectivity index is 1.45. The lowest BCUT2D eigenvalue weighted by molar-refractivity contribution is -0.109. The second-order valence-corrected chi connectivity index (χ2v) is 8.21. The summed E-state index contributed by atoms with van der Waals surface area (Å²) in [5, 5.41) is 6.58. The predicted octanol–water partition coefficient (Wildman–Crippen LogP) is 2.01. The molecule has 3 aliphatic heterocycles. The Morgan fingerprint density at radius 1 is 1.16 bits per heavy atom. The van der Waals surface area contributed by atoms with Crippen LogP contribution in [0.4, 0.5) is 23.0 Å². The van der Waals surface area contributed by atoms with Crippen molar-refractivity contribution in [2.24, 2.45) is 5.73 Å². The van der Waals surface area contributed by atoms with Gasteiger partial charge in [-0.3, -0.25) is 0 Å². The third-order valence-corrected chi connectivity index (χ3v) is 6.12. The van der Waals surface area contributed by atoms with Crippen molar-refractivity contribution in [3.05, 3.63) is 47.7 Å². The van der Waals surface area contributed by atoms with Gasteiger partial charge in [0.1, 0.15) is 24.0 Å². The van der Waals surface area contributed by atoms with Gasteiger partial charge in [0, 0.05) is 49.2 Å². The Bertz CT molecular complexity index is 971. The molecule has 2 aromatic rings. The van der Waals surface area contributed by atoms with Crippen LogP contribution in [0.25, 0.3) is 6.08 Å². The molecule has 1 aromatic heterocycles. The van der Waals surface area contributed by atoms with Crippen LogP contribution in [-0.2, 0) is 9.53 Å². The second kappa shape index (κ2) is 8.56. The highest BCUT2D eigenvalue weighted by molar-refractivity contribution is 5.79. The maximum Gasteiger partial charge on any atom is 0.146 e.